The number of aryl methyl sites for hydroxylation is 1. The molecule has 1 fully saturated rings. The first-order valence-corrected chi connectivity index (χ1v) is 8.46. The van der Waals surface area contributed by atoms with E-state index < -0.39 is 17.9 Å². The highest BCUT2D eigenvalue weighted by molar-refractivity contribution is 6.39. The minimum absolute atomic E-state index is 0.131. The van der Waals surface area contributed by atoms with Gasteiger partial charge < -0.3 is 15.7 Å². The topological polar surface area (TPSA) is 78.4 Å². The van der Waals surface area contributed by atoms with Crippen molar-refractivity contribution in [1.82, 2.24) is 5.32 Å². The van der Waals surface area contributed by atoms with Gasteiger partial charge in [-0.25, -0.2) is 0 Å². The zero-order valence-corrected chi connectivity index (χ0v) is 13.7. The molecule has 1 saturated carbocycles. The lowest BCUT2D eigenvalue weighted by Gasteiger charge is -2.26. The van der Waals surface area contributed by atoms with Crippen molar-refractivity contribution in [1.29, 1.82) is 0 Å². The largest absolute Gasteiger partial charge is 0.391 e. The third kappa shape index (κ3) is 5.36. The van der Waals surface area contributed by atoms with Gasteiger partial charge in [0.15, 0.2) is 0 Å². The lowest BCUT2D eigenvalue weighted by molar-refractivity contribution is -0.136. The van der Waals surface area contributed by atoms with Gasteiger partial charge in [0.1, 0.15) is 0 Å². The summed E-state index contributed by atoms with van der Waals surface area (Å²) in [4.78, 5) is 23.7. The normalized spacial score (nSPS) is 16.6. The molecule has 0 saturated heterocycles. The number of carbonyl (C=O) groups excluding carboxylic acids is 2. The molecule has 0 bridgehead atoms. The van der Waals surface area contributed by atoms with E-state index in [1.54, 1.807) is 12.1 Å². The third-order valence-electron chi connectivity index (χ3n) is 4.49. The molecule has 0 spiro atoms. The molecule has 0 aliphatic heterocycles. The summed E-state index contributed by atoms with van der Waals surface area (Å²) in [5, 5.41) is 15.2. The van der Waals surface area contributed by atoms with E-state index in [2.05, 4.69) is 17.6 Å². The number of carbonyl (C=O) groups is 2. The molecule has 2 rings (SSSR count). The number of rotatable bonds is 5. The van der Waals surface area contributed by atoms with Crippen molar-refractivity contribution >= 4 is 17.5 Å². The number of hydrogen-bond acceptors (Lipinski definition) is 3. The standard InChI is InChI=1S/C18H26N2O3/c1-2-13-8-10-15(11-9-13)20-18(23)17(22)19-12-16(21)14-6-4-3-5-7-14/h8-11,14,16,21H,2-7,12H2,1H3,(H,19,22)(H,20,23). The fraction of sp³-hybridized carbons (Fsp3) is 0.556. The maximum absolute atomic E-state index is 11.9. The number of amides is 2. The molecular weight excluding hydrogens is 292 g/mol. The van der Waals surface area contributed by atoms with E-state index in [-0.39, 0.29) is 12.5 Å². The molecular formula is C18H26N2O3. The van der Waals surface area contributed by atoms with Gasteiger partial charge in [0.25, 0.3) is 0 Å². The van der Waals surface area contributed by atoms with E-state index in [0.717, 1.165) is 32.1 Å². The van der Waals surface area contributed by atoms with E-state index in [1.165, 1.54) is 12.0 Å². The second kappa shape index (κ2) is 8.67. The van der Waals surface area contributed by atoms with E-state index in [4.69, 9.17) is 0 Å². The number of anilines is 1. The monoisotopic (exact) mass is 318 g/mol. The predicted octanol–water partition coefficient (Wildman–Crippen LogP) is 2.24. The van der Waals surface area contributed by atoms with E-state index in [1.807, 2.05) is 12.1 Å². The summed E-state index contributed by atoms with van der Waals surface area (Å²) in [5.41, 5.74) is 1.76. The van der Waals surface area contributed by atoms with Crippen LogP contribution in [0.5, 0.6) is 0 Å². The van der Waals surface area contributed by atoms with Crippen LogP contribution in [0.25, 0.3) is 0 Å². The minimum atomic E-state index is -0.709. The molecule has 0 radical (unpaired) electrons. The molecule has 126 valence electrons. The first kappa shape index (κ1) is 17.5. The maximum atomic E-state index is 11.9. The van der Waals surface area contributed by atoms with Crippen LogP contribution < -0.4 is 10.6 Å². The molecule has 5 nitrogen and oxygen atoms in total. The van der Waals surface area contributed by atoms with Crippen LogP contribution in [0.15, 0.2) is 24.3 Å². The lowest BCUT2D eigenvalue weighted by atomic mass is 9.85. The average molecular weight is 318 g/mol. The predicted molar refractivity (Wildman–Crippen MR) is 90.0 cm³/mol. The average Bonchev–Trinajstić information content (AvgIpc) is 2.60. The molecule has 2 amide bonds. The van der Waals surface area contributed by atoms with Crippen molar-refractivity contribution < 1.29 is 14.7 Å². The highest BCUT2D eigenvalue weighted by Gasteiger charge is 2.23. The Morgan fingerprint density at radius 1 is 1.13 bits per heavy atom. The molecule has 1 aromatic rings. The van der Waals surface area contributed by atoms with Crippen LogP contribution in [-0.4, -0.2) is 29.6 Å². The van der Waals surface area contributed by atoms with Crippen LogP contribution in [0.4, 0.5) is 5.69 Å². The molecule has 1 unspecified atom stereocenters. The molecule has 1 aromatic carbocycles. The zero-order chi connectivity index (χ0) is 16.7. The van der Waals surface area contributed by atoms with Crippen molar-refractivity contribution in [2.24, 2.45) is 5.92 Å². The Bertz CT molecular complexity index is 522. The van der Waals surface area contributed by atoms with Crippen LogP contribution in [-0.2, 0) is 16.0 Å². The summed E-state index contributed by atoms with van der Waals surface area (Å²) in [6.45, 7) is 2.18. The van der Waals surface area contributed by atoms with Crippen LogP contribution in [0.2, 0.25) is 0 Å². The Labute approximate surface area is 137 Å². The van der Waals surface area contributed by atoms with Gasteiger partial charge >= 0.3 is 11.8 Å². The Morgan fingerprint density at radius 3 is 2.39 bits per heavy atom. The van der Waals surface area contributed by atoms with Gasteiger partial charge in [-0.3, -0.25) is 9.59 Å². The molecule has 23 heavy (non-hydrogen) atoms. The summed E-state index contributed by atoms with van der Waals surface area (Å²) in [7, 11) is 0. The quantitative estimate of drug-likeness (QED) is 0.729. The van der Waals surface area contributed by atoms with Gasteiger partial charge in [-0.15, -0.1) is 0 Å². The Kier molecular flexibility index (Phi) is 6.59. The summed E-state index contributed by atoms with van der Waals surface area (Å²) >= 11 is 0. The number of aliphatic hydroxyl groups is 1. The van der Waals surface area contributed by atoms with Crippen molar-refractivity contribution in [3.05, 3.63) is 29.8 Å². The molecule has 1 aliphatic carbocycles. The summed E-state index contributed by atoms with van der Waals surface area (Å²) in [5.74, 6) is -1.18. The summed E-state index contributed by atoms with van der Waals surface area (Å²) < 4.78 is 0. The first-order valence-electron chi connectivity index (χ1n) is 8.46. The number of hydrogen-bond donors (Lipinski definition) is 3. The SMILES string of the molecule is CCc1ccc(NC(=O)C(=O)NCC(O)C2CCCCC2)cc1. The van der Waals surface area contributed by atoms with E-state index >= 15 is 0 Å². The van der Waals surface area contributed by atoms with Crippen molar-refractivity contribution in [2.75, 3.05) is 11.9 Å². The third-order valence-corrected chi connectivity index (χ3v) is 4.49. The highest BCUT2D eigenvalue weighted by Crippen LogP contribution is 2.26. The minimum Gasteiger partial charge on any atom is -0.391 e. The Morgan fingerprint density at radius 2 is 1.78 bits per heavy atom. The maximum Gasteiger partial charge on any atom is 0.313 e. The van der Waals surface area contributed by atoms with Gasteiger partial charge in [-0.1, -0.05) is 38.3 Å². The molecule has 1 atom stereocenters. The second-order valence-corrected chi connectivity index (χ2v) is 6.18. The summed E-state index contributed by atoms with van der Waals surface area (Å²) in [6, 6.07) is 7.39. The van der Waals surface area contributed by atoms with Gasteiger partial charge in [-0.2, -0.15) is 0 Å². The number of aliphatic hydroxyl groups excluding tert-OH is 1. The smallest absolute Gasteiger partial charge is 0.313 e. The van der Waals surface area contributed by atoms with Crippen molar-refractivity contribution in [3.8, 4) is 0 Å². The van der Waals surface area contributed by atoms with Crippen LogP contribution in [0.1, 0.15) is 44.6 Å². The molecule has 0 aromatic heterocycles. The lowest BCUT2D eigenvalue weighted by Crippen LogP contribution is -2.42. The molecule has 5 heteroatoms. The van der Waals surface area contributed by atoms with Crippen molar-refractivity contribution in [2.45, 2.75) is 51.6 Å². The second-order valence-electron chi connectivity index (χ2n) is 6.18. The molecule has 3 N–H and O–H groups in total. The van der Waals surface area contributed by atoms with Gasteiger partial charge in [-0.05, 0) is 42.9 Å². The van der Waals surface area contributed by atoms with Crippen LogP contribution in [0, 0.1) is 5.92 Å². The summed E-state index contributed by atoms with van der Waals surface area (Å²) in [6.07, 6.45) is 5.81. The van der Waals surface area contributed by atoms with E-state index in [0.29, 0.717) is 5.69 Å². The van der Waals surface area contributed by atoms with Crippen LogP contribution >= 0.6 is 0 Å². The number of nitrogens with one attached hydrogen (secondary N) is 2. The molecule has 1 aliphatic rings. The first-order chi connectivity index (χ1) is 11.1. The van der Waals surface area contributed by atoms with Gasteiger partial charge in [0.05, 0.1) is 6.10 Å². The zero-order valence-electron chi connectivity index (χ0n) is 13.7. The Balaban J connectivity index is 1.76. The highest BCUT2D eigenvalue weighted by atomic mass is 16.3. The number of benzene rings is 1. The van der Waals surface area contributed by atoms with Crippen LogP contribution in [0.3, 0.4) is 0 Å². The van der Waals surface area contributed by atoms with Gasteiger partial charge in [0.2, 0.25) is 0 Å². The molecule has 0 heterocycles. The van der Waals surface area contributed by atoms with E-state index in [9.17, 15) is 14.7 Å². The van der Waals surface area contributed by atoms with Crippen molar-refractivity contribution in [3.63, 3.8) is 0 Å². The fourth-order valence-electron chi connectivity index (χ4n) is 2.97. The Hall–Kier alpha value is -1.88. The van der Waals surface area contributed by atoms with Gasteiger partial charge in [0, 0.05) is 12.2 Å². The fourth-order valence-corrected chi connectivity index (χ4v) is 2.97.